The largest absolute Gasteiger partial charge is 0.434 e. The third kappa shape index (κ3) is 5.09. The highest BCUT2D eigenvalue weighted by Gasteiger charge is 2.33. The van der Waals surface area contributed by atoms with E-state index in [1.54, 1.807) is 7.05 Å². The quantitative estimate of drug-likeness (QED) is 0.613. The number of alkyl halides is 3. The van der Waals surface area contributed by atoms with E-state index in [1.807, 2.05) is 0 Å². The van der Waals surface area contributed by atoms with Crippen LogP contribution in [0.5, 0.6) is 0 Å². The zero-order valence-corrected chi connectivity index (χ0v) is 15.8. The number of halogens is 3. The van der Waals surface area contributed by atoms with E-state index in [0.29, 0.717) is 17.0 Å². The maximum Gasteiger partial charge on any atom is 0.434 e. The average Bonchev–Trinajstić information content (AvgIpc) is 3.30. The molecule has 0 unspecified atom stereocenters. The first-order valence-corrected chi connectivity index (χ1v) is 10.1. The van der Waals surface area contributed by atoms with Crippen molar-refractivity contribution in [3.05, 3.63) is 16.1 Å². The third-order valence-corrected chi connectivity index (χ3v) is 6.03. The first-order valence-electron chi connectivity index (χ1n) is 9.18. The topological polar surface area (TPSA) is 52.6 Å². The summed E-state index contributed by atoms with van der Waals surface area (Å²) < 4.78 is 37.8. The lowest BCUT2D eigenvalue weighted by Crippen LogP contribution is -2.50. The highest BCUT2D eigenvalue weighted by atomic mass is 32.1. The maximum absolute atomic E-state index is 12.6. The number of aromatic nitrogens is 1. The number of hydrogen-bond acceptors (Lipinski definition) is 4. The minimum atomic E-state index is -4.39. The molecule has 3 rings (SSSR count). The summed E-state index contributed by atoms with van der Waals surface area (Å²) in [7, 11) is 1.67. The molecule has 0 radical (unpaired) electrons. The van der Waals surface area contributed by atoms with E-state index in [-0.39, 0.29) is 6.54 Å². The second kappa shape index (κ2) is 8.56. The van der Waals surface area contributed by atoms with E-state index in [2.05, 4.69) is 25.5 Å². The molecule has 1 aliphatic heterocycles. The predicted octanol–water partition coefficient (Wildman–Crippen LogP) is 3.23. The molecule has 2 aliphatic rings. The molecule has 0 atom stereocenters. The lowest BCUT2D eigenvalue weighted by molar-refractivity contribution is -0.140. The summed E-state index contributed by atoms with van der Waals surface area (Å²) in [5.74, 6) is 0.619. The van der Waals surface area contributed by atoms with Gasteiger partial charge in [0.2, 0.25) is 0 Å². The monoisotopic (exact) mass is 389 g/mol. The molecule has 1 aliphatic carbocycles. The van der Waals surface area contributed by atoms with Gasteiger partial charge >= 0.3 is 6.18 Å². The molecule has 1 aromatic heterocycles. The maximum atomic E-state index is 12.6. The zero-order valence-electron chi connectivity index (χ0n) is 15.0. The molecule has 1 saturated carbocycles. The zero-order chi connectivity index (χ0) is 18.6. The fourth-order valence-corrected chi connectivity index (χ4v) is 4.49. The second-order valence-electron chi connectivity index (χ2n) is 6.94. The van der Waals surface area contributed by atoms with Crippen LogP contribution in [-0.2, 0) is 12.7 Å². The van der Waals surface area contributed by atoms with Crippen molar-refractivity contribution in [3.63, 3.8) is 0 Å². The van der Waals surface area contributed by atoms with Crippen molar-refractivity contribution >= 4 is 17.3 Å². The van der Waals surface area contributed by atoms with Crippen LogP contribution in [0.4, 0.5) is 13.2 Å². The Kier molecular flexibility index (Phi) is 6.39. The minimum absolute atomic E-state index is 0.237. The van der Waals surface area contributed by atoms with Gasteiger partial charge in [0.25, 0.3) is 0 Å². The molecule has 5 nitrogen and oxygen atoms in total. The van der Waals surface area contributed by atoms with Gasteiger partial charge in [0.1, 0.15) is 5.01 Å². The molecule has 2 fully saturated rings. The summed E-state index contributed by atoms with van der Waals surface area (Å²) in [6, 6.07) is 1.11. The van der Waals surface area contributed by atoms with Crippen molar-refractivity contribution in [1.82, 2.24) is 20.5 Å². The van der Waals surface area contributed by atoms with Crippen LogP contribution in [0, 0.1) is 0 Å². The summed E-state index contributed by atoms with van der Waals surface area (Å²) >= 11 is 1.01. The number of piperidine rings is 1. The van der Waals surface area contributed by atoms with Crippen LogP contribution in [0.15, 0.2) is 10.4 Å². The molecule has 9 heteroatoms. The Morgan fingerprint density at radius 3 is 2.54 bits per heavy atom. The molecule has 2 N–H and O–H groups in total. The van der Waals surface area contributed by atoms with E-state index >= 15 is 0 Å². The van der Waals surface area contributed by atoms with Gasteiger partial charge in [-0.1, -0.05) is 12.8 Å². The number of nitrogens with one attached hydrogen (secondary N) is 2. The molecule has 26 heavy (non-hydrogen) atoms. The van der Waals surface area contributed by atoms with Gasteiger partial charge in [0.15, 0.2) is 11.7 Å². The van der Waals surface area contributed by atoms with Gasteiger partial charge < -0.3 is 15.5 Å². The lowest BCUT2D eigenvalue weighted by atomic mass is 10.0. The molecular weight excluding hydrogens is 363 g/mol. The van der Waals surface area contributed by atoms with Gasteiger partial charge in [0.05, 0.1) is 6.54 Å². The third-order valence-electron chi connectivity index (χ3n) is 5.18. The van der Waals surface area contributed by atoms with Crippen LogP contribution in [-0.4, -0.2) is 48.1 Å². The number of guanidine groups is 1. The van der Waals surface area contributed by atoms with Crippen molar-refractivity contribution < 1.29 is 13.2 Å². The second-order valence-corrected chi connectivity index (χ2v) is 7.89. The Bertz CT molecular complexity index is 602. The van der Waals surface area contributed by atoms with Gasteiger partial charge in [-0.25, -0.2) is 4.98 Å². The van der Waals surface area contributed by atoms with Crippen LogP contribution in [0.3, 0.4) is 0 Å². The van der Waals surface area contributed by atoms with Gasteiger partial charge in [-0.15, -0.1) is 11.3 Å². The van der Waals surface area contributed by atoms with E-state index in [9.17, 15) is 13.2 Å². The van der Waals surface area contributed by atoms with Gasteiger partial charge in [-0.3, -0.25) is 4.99 Å². The summed E-state index contributed by atoms with van der Waals surface area (Å²) in [5, 5.41) is 7.91. The summed E-state index contributed by atoms with van der Waals surface area (Å²) in [6.07, 6.45) is 3.10. The smallest absolute Gasteiger partial charge is 0.354 e. The van der Waals surface area contributed by atoms with Crippen LogP contribution < -0.4 is 10.6 Å². The number of hydrogen-bond donors (Lipinski definition) is 2. The summed E-state index contributed by atoms with van der Waals surface area (Å²) in [6.45, 7) is 2.43. The molecule has 0 amide bonds. The van der Waals surface area contributed by atoms with Gasteiger partial charge in [-0.2, -0.15) is 13.2 Å². The molecule has 146 valence electrons. The Morgan fingerprint density at radius 2 is 1.96 bits per heavy atom. The Hall–Kier alpha value is -1.35. The number of likely N-dealkylation sites (tertiary alicyclic amines) is 1. The first-order chi connectivity index (χ1) is 12.5. The highest BCUT2D eigenvalue weighted by Crippen LogP contribution is 2.30. The average molecular weight is 389 g/mol. The number of rotatable bonds is 4. The normalized spacial score (nSPS) is 21.3. The minimum Gasteiger partial charge on any atom is -0.354 e. The lowest BCUT2D eigenvalue weighted by Gasteiger charge is -2.36. The molecular formula is C17H26F3N5S. The summed E-state index contributed by atoms with van der Waals surface area (Å²) in [4.78, 5) is 10.4. The van der Waals surface area contributed by atoms with Crippen LogP contribution in [0.2, 0.25) is 0 Å². The van der Waals surface area contributed by atoms with Crippen LogP contribution in [0.25, 0.3) is 0 Å². The van der Waals surface area contributed by atoms with Crippen LogP contribution in [0.1, 0.15) is 49.2 Å². The standard InChI is InChI=1S/C17H26F3N5S/c1-21-16(22-10-15-24-14(11-26-15)17(18,19)20)23-12-6-8-25(9-7-12)13-4-2-3-5-13/h11-13H,2-10H2,1H3,(H2,21,22,23). The van der Waals surface area contributed by atoms with Crippen molar-refractivity contribution in [1.29, 1.82) is 0 Å². The van der Waals surface area contributed by atoms with Crippen molar-refractivity contribution in [2.75, 3.05) is 20.1 Å². The predicted molar refractivity (Wildman–Crippen MR) is 97.3 cm³/mol. The Balaban J connectivity index is 1.43. The van der Waals surface area contributed by atoms with Gasteiger partial charge in [-0.05, 0) is 25.7 Å². The van der Waals surface area contributed by atoms with E-state index in [4.69, 9.17) is 0 Å². The van der Waals surface area contributed by atoms with E-state index in [1.165, 1.54) is 25.7 Å². The van der Waals surface area contributed by atoms with Crippen molar-refractivity contribution in [2.24, 2.45) is 4.99 Å². The molecule has 1 saturated heterocycles. The number of nitrogens with zero attached hydrogens (tertiary/aromatic N) is 3. The molecule has 0 spiro atoms. The molecule has 2 heterocycles. The Labute approximate surface area is 156 Å². The van der Waals surface area contributed by atoms with Crippen molar-refractivity contribution in [3.8, 4) is 0 Å². The fraction of sp³-hybridized carbons (Fsp3) is 0.765. The van der Waals surface area contributed by atoms with E-state index < -0.39 is 11.9 Å². The number of thiazole rings is 1. The number of aliphatic imine (C=N–C) groups is 1. The SMILES string of the molecule is CN=C(NCc1nc(C(F)(F)F)cs1)NC1CCN(C2CCCC2)CC1. The summed E-state index contributed by atoms with van der Waals surface area (Å²) in [5.41, 5.74) is -0.832. The fourth-order valence-electron chi connectivity index (χ4n) is 3.75. The molecule has 0 aromatic carbocycles. The van der Waals surface area contributed by atoms with Crippen LogP contribution >= 0.6 is 11.3 Å². The van der Waals surface area contributed by atoms with E-state index in [0.717, 1.165) is 48.7 Å². The highest BCUT2D eigenvalue weighted by molar-refractivity contribution is 7.09. The Morgan fingerprint density at radius 1 is 1.27 bits per heavy atom. The first kappa shape index (κ1) is 19.4. The molecule has 0 bridgehead atoms. The van der Waals surface area contributed by atoms with Crippen molar-refractivity contribution in [2.45, 2.75) is 63.3 Å². The molecule has 1 aromatic rings. The van der Waals surface area contributed by atoms with Gasteiger partial charge in [0, 0.05) is 37.6 Å².